The van der Waals surface area contributed by atoms with Crippen molar-refractivity contribution in [3.05, 3.63) is 41.5 Å². The van der Waals surface area contributed by atoms with Crippen LogP contribution in [0.25, 0.3) is 0 Å². The Morgan fingerprint density at radius 2 is 1.47 bits per heavy atom. The van der Waals surface area contributed by atoms with Crippen molar-refractivity contribution in [3.63, 3.8) is 0 Å². The first-order valence-electron chi connectivity index (χ1n) is 11.5. The van der Waals surface area contributed by atoms with E-state index in [1.807, 2.05) is 18.2 Å². The Hall–Kier alpha value is -2.14. The van der Waals surface area contributed by atoms with Crippen molar-refractivity contribution < 1.29 is 58.3 Å². The van der Waals surface area contributed by atoms with Crippen molar-refractivity contribution >= 4 is 0 Å². The maximum atomic E-state index is 10.5. The highest BCUT2D eigenvalue weighted by Gasteiger charge is 2.21. The monoisotopic (exact) mass is 544 g/mol. The highest BCUT2D eigenvalue weighted by molar-refractivity contribution is 5.53. The molecule has 2 aliphatic heterocycles. The average molecular weight is 545 g/mol. The van der Waals surface area contributed by atoms with Crippen molar-refractivity contribution in [2.24, 2.45) is 0 Å². The first kappa shape index (κ1) is 30.1. The molecule has 0 bridgehead atoms. The molecular weight excluding hydrogens is 511 g/mol. The number of aliphatic hydroxyl groups is 1. The lowest BCUT2D eigenvalue weighted by atomic mass is 10.1. The van der Waals surface area contributed by atoms with Gasteiger partial charge in [0, 0.05) is 39.3 Å². The average Bonchev–Trinajstić information content (AvgIpc) is 3.32. The zero-order chi connectivity index (χ0) is 23.9. The fourth-order valence-electron chi connectivity index (χ4n) is 4.31. The number of β-amino-alcohol motifs (C(OH)–C–C–N with tert-alkyl or cyclic N) is 1. The molecule has 1 atom stereocenters. The smallest absolute Gasteiger partial charge is 0.231 e. The minimum absolute atomic E-state index is 0. The fourth-order valence-corrected chi connectivity index (χ4v) is 4.31. The molecular formula is C25H34Cl2N2O7-2. The van der Waals surface area contributed by atoms with Gasteiger partial charge in [-0.25, -0.2) is 0 Å². The Balaban J connectivity index is 0.00000228. The Bertz CT molecular complexity index is 933. The highest BCUT2D eigenvalue weighted by atomic mass is 35.5. The number of nitrogens with zero attached hydrogens (tertiary/aromatic N) is 2. The molecule has 2 aromatic rings. The molecule has 0 aromatic heterocycles. The zero-order valence-corrected chi connectivity index (χ0v) is 22.4. The summed E-state index contributed by atoms with van der Waals surface area (Å²) in [4.78, 5) is 4.70. The standard InChI is InChI=1S/C25H34N2O7.2ClH/c1-29-23-11-19(12-24(30-2)25(23)31-3)15-32-16-20(28)14-27-8-6-26(7-9-27)13-18-4-5-21-22(10-18)34-17-33-21;;/h4-5,10-12,20,28H,6-9,13-17H2,1-3H3;2*1H/p-2. The summed E-state index contributed by atoms with van der Waals surface area (Å²) in [5.41, 5.74) is 2.11. The molecule has 0 spiro atoms. The summed E-state index contributed by atoms with van der Waals surface area (Å²) >= 11 is 0. The molecule has 1 fully saturated rings. The van der Waals surface area contributed by atoms with Gasteiger partial charge in [0.05, 0.1) is 40.6 Å². The molecule has 2 aromatic carbocycles. The molecule has 0 aliphatic carbocycles. The van der Waals surface area contributed by atoms with E-state index in [4.69, 9.17) is 28.4 Å². The zero-order valence-electron chi connectivity index (χ0n) is 20.9. The number of rotatable bonds is 11. The molecule has 0 amide bonds. The molecule has 0 saturated carbocycles. The number of benzene rings is 2. The van der Waals surface area contributed by atoms with Gasteiger partial charge in [-0.1, -0.05) is 6.07 Å². The first-order valence-corrected chi connectivity index (χ1v) is 11.5. The first-order chi connectivity index (χ1) is 16.6. The van der Waals surface area contributed by atoms with Crippen LogP contribution in [0, 0.1) is 0 Å². The summed E-state index contributed by atoms with van der Waals surface area (Å²) in [6.07, 6.45) is -0.553. The normalized spacial score (nSPS) is 16.0. The molecule has 2 heterocycles. The van der Waals surface area contributed by atoms with E-state index in [0.29, 0.717) is 37.2 Å². The van der Waals surface area contributed by atoms with Crippen LogP contribution < -0.4 is 48.5 Å². The van der Waals surface area contributed by atoms with E-state index in [2.05, 4.69) is 21.9 Å². The third kappa shape index (κ3) is 7.68. The summed E-state index contributed by atoms with van der Waals surface area (Å²) in [5.74, 6) is 3.35. The second-order valence-corrected chi connectivity index (χ2v) is 8.47. The van der Waals surface area contributed by atoms with Crippen LogP contribution in [0.15, 0.2) is 30.3 Å². The predicted molar refractivity (Wildman–Crippen MR) is 126 cm³/mol. The van der Waals surface area contributed by atoms with E-state index in [1.54, 1.807) is 21.3 Å². The number of halogens is 2. The van der Waals surface area contributed by atoms with Crippen LogP contribution in [0.2, 0.25) is 0 Å². The van der Waals surface area contributed by atoms with Gasteiger partial charge in [0.2, 0.25) is 12.5 Å². The highest BCUT2D eigenvalue weighted by Crippen LogP contribution is 2.38. The quantitative estimate of drug-likeness (QED) is 0.305. The number of ether oxygens (including phenoxy) is 6. The fraction of sp³-hybridized carbons (Fsp3) is 0.520. The van der Waals surface area contributed by atoms with Crippen molar-refractivity contribution in [1.82, 2.24) is 9.80 Å². The number of methoxy groups -OCH3 is 3. The van der Waals surface area contributed by atoms with Gasteiger partial charge in [-0.15, -0.1) is 0 Å². The molecule has 0 radical (unpaired) electrons. The molecule has 202 valence electrons. The molecule has 36 heavy (non-hydrogen) atoms. The second kappa shape index (κ2) is 14.6. The molecule has 1 N–H and O–H groups in total. The Kier molecular flexibility index (Phi) is 12.2. The van der Waals surface area contributed by atoms with Gasteiger partial charge < -0.3 is 58.3 Å². The third-order valence-corrected chi connectivity index (χ3v) is 6.08. The van der Waals surface area contributed by atoms with Crippen LogP contribution in [-0.2, 0) is 17.9 Å². The molecule has 4 rings (SSSR count). The molecule has 2 aliphatic rings. The van der Waals surface area contributed by atoms with Crippen molar-refractivity contribution in [3.8, 4) is 28.7 Å². The van der Waals surface area contributed by atoms with E-state index >= 15 is 0 Å². The molecule has 11 heteroatoms. The molecule has 1 saturated heterocycles. The van der Waals surface area contributed by atoms with Gasteiger partial charge in [-0.05, 0) is 35.4 Å². The van der Waals surface area contributed by atoms with Gasteiger partial charge in [-0.2, -0.15) is 0 Å². The summed E-state index contributed by atoms with van der Waals surface area (Å²) < 4.78 is 32.7. The van der Waals surface area contributed by atoms with Crippen LogP contribution in [0.4, 0.5) is 0 Å². The lowest BCUT2D eigenvalue weighted by Gasteiger charge is -2.35. The van der Waals surface area contributed by atoms with Crippen LogP contribution in [0.5, 0.6) is 28.7 Å². The van der Waals surface area contributed by atoms with E-state index in [1.165, 1.54) is 5.56 Å². The van der Waals surface area contributed by atoms with Crippen molar-refractivity contribution in [2.45, 2.75) is 19.3 Å². The van der Waals surface area contributed by atoms with Gasteiger partial charge in [0.15, 0.2) is 23.0 Å². The van der Waals surface area contributed by atoms with Crippen LogP contribution in [-0.4, -0.2) is 88.5 Å². The molecule has 9 nitrogen and oxygen atoms in total. The number of hydrogen-bond donors (Lipinski definition) is 1. The van der Waals surface area contributed by atoms with E-state index in [0.717, 1.165) is 49.8 Å². The van der Waals surface area contributed by atoms with Gasteiger partial charge in [0.1, 0.15) is 0 Å². The maximum Gasteiger partial charge on any atom is 0.231 e. The van der Waals surface area contributed by atoms with Crippen molar-refractivity contribution in [2.75, 3.05) is 67.5 Å². The van der Waals surface area contributed by atoms with Crippen LogP contribution >= 0.6 is 0 Å². The third-order valence-electron chi connectivity index (χ3n) is 6.08. The summed E-state index contributed by atoms with van der Waals surface area (Å²) in [5, 5.41) is 10.5. The minimum Gasteiger partial charge on any atom is -1.00 e. The number of fused-ring (bicyclic) bond motifs is 1. The Labute approximate surface area is 225 Å². The minimum atomic E-state index is -0.553. The van der Waals surface area contributed by atoms with Crippen molar-refractivity contribution in [1.29, 1.82) is 0 Å². The predicted octanol–water partition coefficient (Wildman–Crippen LogP) is -3.86. The van der Waals surface area contributed by atoms with Crippen LogP contribution in [0.1, 0.15) is 11.1 Å². The lowest BCUT2D eigenvalue weighted by Crippen LogP contribution is -3.00. The number of piperazine rings is 1. The number of hydrogen-bond acceptors (Lipinski definition) is 9. The Morgan fingerprint density at radius 3 is 2.11 bits per heavy atom. The van der Waals surface area contributed by atoms with Gasteiger partial charge in [0.25, 0.3) is 0 Å². The molecule has 1 unspecified atom stereocenters. The van der Waals surface area contributed by atoms with E-state index in [9.17, 15) is 5.11 Å². The number of aliphatic hydroxyl groups excluding tert-OH is 1. The lowest BCUT2D eigenvalue weighted by molar-refractivity contribution is -0.00100. The van der Waals surface area contributed by atoms with Crippen LogP contribution in [0.3, 0.4) is 0 Å². The maximum absolute atomic E-state index is 10.5. The van der Waals surface area contributed by atoms with E-state index < -0.39 is 6.10 Å². The Morgan fingerprint density at radius 1 is 0.833 bits per heavy atom. The summed E-state index contributed by atoms with van der Waals surface area (Å²) in [6, 6.07) is 9.83. The largest absolute Gasteiger partial charge is 1.00 e. The van der Waals surface area contributed by atoms with E-state index in [-0.39, 0.29) is 31.4 Å². The SMILES string of the molecule is COc1cc(COCC(O)CN2CCN(Cc3ccc4c(c3)OCO4)CC2)cc(OC)c1OC.[Cl-].[Cl-]. The summed E-state index contributed by atoms with van der Waals surface area (Å²) in [6.45, 7) is 6.10. The topological polar surface area (TPSA) is 82.1 Å². The van der Waals surface area contributed by atoms with Gasteiger partial charge in [-0.3, -0.25) is 9.80 Å². The second-order valence-electron chi connectivity index (χ2n) is 8.47. The van der Waals surface area contributed by atoms with Gasteiger partial charge >= 0.3 is 0 Å². The summed E-state index contributed by atoms with van der Waals surface area (Å²) in [7, 11) is 4.74.